The van der Waals surface area contributed by atoms with Crippen molar-refractivity contribution in [2.75, 3.05) is 0 Å². The molecule has 1 aliphatic heterocycles. The van der Waals surface area contributed by atoms with Gasteiger partial charge in [0.05, 0.1) is 6.04 Å². The van der Waals surface area contributed by atoms with Crippen LogP contribution in [-0.4, -0.2) is 22.9 Å². The quantitative estimate of drug-likeness (QED) is 0.710. The summed E-state index contributed by atoms with van der Waals surface area (Å²) in [6, 6.07) is 9.64. The second-order valence-corrected chi connectivity index (χ2v) is 5.20. The van der Waals surface area contributed by atoms with Crippen LogP contribution in [0, 0.1) is 0 Å². The Labute approximate surface area is 100 Å². The molecule has 1 heterocycles. The largest absolute Gasteiger partial charge is 0.282 e. The smallest absolute Gasteiger partial charge is 0.264 e. The first-order valence-electron chi connectivity index (χ1n) is 6.31. The Morgan fingerprint density at radius 3 is 2.65 bits per heavy atom. The minimum atomic E-state index is -2.48. The molecule has 0 spiro atoms. The molecule has 4 atom stereocenters. The van der Waals surface area contributed by atoms with Crippen LogP contribution in [0.3, 0.4) is 0 Å². The Morgan fingerprint density at radius 2 is 2.00 bits per heavy atom. The Morgan fingerprint density at radius 1 is 1.29 bits per heavy atom. The lowest BCUT2D eigenvalue weighted by Gasteiger charge is -2.20. The molecule has 0 bridgehead atoms. The monoisotopic (exact) mass is 237 g/mol. The SMILES string of the molecule is C[C@H](c1ccccc1)[N@@]1C2CCCC(F)(F)C21. The van der Waals surface area contributed by atoms with Crippen molar-refractivity contribution in [3.8, 4) is 0 Å². The Bertz CT molecular complexity index is 404. The summed E-state index contributed by atoms with van der Waals surface area (Å²) < 4.78 is 27.4. The highest BCUT2D eigenvalue weighted by Crippen LogP contribution is 2.53. The van der Waals surface area contributed by atoms with Crippen molar-refractivity contribution >= 4 is 0 Å². The topological polar surface area (TPSA) is 3.01 Å². The fourth-order valence-corrected chi connectivity index (χ4v) is 3.23. The van der Waals surface area contributed by atoms with Crippen LogP contribution in [0.25, 0.3) is 0 Å². The maximum absolute atomic E-state index is 13.7. The average molecular weight is 237 g/mol. The van der Waals surface area contributed by atoms with Crippen molar-refractivity contribution < 1.29 is 8.78 Å². The number of alkyl halides is 2. The molecule has 2 fully saturated rings. The first kappa shape index (κ1) is 11.1. The normalized spacial score (nSPS) is 36.1. The average Bonchev–Trinajstić information content (AvgIpc) is 3.05. The molecule has 1 saturated heterocycles. The lowest BCUT2D eigenvalue weighted by Crippen LogP contribution is -2.30. The molecule has 17 heavy (non-hydrogen) atoms. The first-order chi connectivity index (χ1) is 8.11. The van der Waals surface area contributed by atoms with Gasteiger partial charge in [0, 0.05) is 18.5 Å². The number of fused-ring (bicyclic) bond motifs is 1. The van der Waals surface area contributed by atoms with E-state index < -0.39 is 12.0 Å². The van der Waals surface area contributed by atoms with Crippen molar-refractivity contribution in [1.29, 1.82) is 0 Å². The van der Waals surface area contributed by atoms with Crippen LogP contribution in [0.15, 0.2) is 30.3 Å². The summed E-state index contributed by atoms with van der Waals surface area (Å²) in [5, 5.41) is 0. The summed E-state index contributed by atoms with van der Waals surface area (Å²) in [6.45, 7) is 2.03. The molecule has 0 N–H and O–H groups in total. The van der Waals surface area contributed by atoms with E-state index in [1.807, 2.05) is 42.2 Å². The van der Waals surface area contributed by atoms with Gasteiger partial charge in [-0.05, 0) is 25.3 Å². The van der Waals surface area contributed by atoms with Crippen LogP contribution in [-0.2, 0) is 0 Å². The third-order valence-corrected chi connectivity index (χ3v) is 4.15. The van der Waals surface area contributed by atoms with Gasteiger partial charge in [0.25, 0.3) is 5.92 Å². The van der Waals surface area contributed by atoms with Crippen molar-refractivity contribution in [3.63, 3.8) is 0 Å². The molecule has 1 aliphatic carbocycles. The summed E-state index contributed by atoms with van der Waals surface area (Å²) in [4.78, 5) is 1.99. The maximum Gasteiger partial charge on any atom is 0.264 e. The Kier molecular flexibility index (Phi) is 2.47. The minimum Gasteiger partial charge on any atom is -0.282 e. The highest BCUT2D eigenvalue weighted by molar-refractivity contribution is 5.24. The van der Waals surface area contributed by atoms with Gasteiger partial charge in [-0.3, -0.25) is 4.90 Å². The summed E-state index contributed by atoms with van der Waals surface area (Å²) in [5.74, 6) is -2.48. The number of halogens is 2. The van der Waals surface area contributed by atoms with Crippen LogP contribution in [0.4, 0.5) is 8.78 Å². The van der Waals surface area contributed by atoms with Gasteiger partial charge in [-0.15, -0.1) is 0 Å². The minimum absolute atomic E-state index is 0.0617. The highest BCUT2D eigenvalue weighted by atomic mass is 19.3. The Hall–Kier alpha value is -0.960. The molecule has 1 saturated carbocycles. The van der Waals surface area contributed by atoms with Gasteiger partial charge in [0.1, 0.15) is 0 Å². The molecule has 1 nitrogen and oxygen atoms in total. The number of rotatable bonds is 2. The summed E-state index contributed by atoms with van der Waals surface area (Å²) in [7, 11) is 0. The zero-order valence-corrected chi connectivity index (χ0v) is 9.94. The maximum atomic E-state index is 13.7. The third-order valence-electron chi connectivity index (χ3n) is 4.15. The van der Waals surface area contributed by atoms with Gasteiger partial charge in [-0.2, -0.15) is 0 Å². The fraction of sp³-hybridized carbons (Fsp3) is 0.571. The molecule has 1 aromatic carbocycles. The van der Waals surface area contributed by atoms with E-state index >= 15 is 0 Å². The lowest BCUT2D eigenvalue weighted by atomic mass is 9.97. The molecule has 0 amide bonds. The lowest BCUT2D eigenvalue weighted by molar-refractivity contribution is -0.0309. The summed E-state index contributed by atoms with van der Waals surface area (Å²) in [5.41, 5.74) is 1.14. The molecular formula is C14H17F2N. The van der Waals surface area contributed by atoms with Gasteiger partial charge < -0.3 is 0 Å². The van der Waals surface area contributed by atoms with E-state index in [1.54, 1.807) is 0 Å². The molecule has 2 unspecified atom stereocenters. The van der Waals surface area contributed by atoms with Crippen LogP contribution in [0.2, 0.25) is 0 Å². The Balaban J connectivity index is 1.79. The molecular weight excluding hydrogens is 220 g/mol. The van der Waals surface area contributed by atoms with E-state index in [1.165, 1.54) is 0 Å². The van der Waals surface area contributed by atoms with E-state index in [-0.39, 0.29) is 18.5 Å². The number of nitrogens with zero attached hydrogens (tertiary/aromatic N) is 1. The van der Waals surface area contributed by atoms with Gasteiger partial charge >= 0.3 is 0 Å². The van der Waals surface area contributed by atoms with Crippen LogP contribution < -0.4 is 0 Å². The van der Waals surface area contributed by atoms with Crippen LogP contribution in [0.1, 0.15) is 37.8 Å². The van der Waals surface area contributed by atoms with Crippen molar-refractivity contribution in [3.05, 3.63) is 35.9 Å². The summed E-state index contributed by atoms with van der Waals surface area (Å²) >= 11 is 0. The van der Waals surface area contributed by atoms with E-state index in [2.05, 4.69) is 0 Å². The molecule has 0 radical (unpaired) electrons. The molecule has 2 aliphatic rings. The first-order valence-corrected chi connectivity index (χ1v) is 6.31. The third kappa shape index (κ3) is 1.77. The van der Waals surface area contributed by atoms with Gasteiger partial charge in [-0.1, -0.05) is 30.3 Å². The molecule has 3 rings (SSSR count). The molecule has 3 heteroatoms. The zero-order chi connectivity index (χ0) is 12.0. The van der Waals surface area contributed by atoms with E-state index in [9.17, 15) is 8.78 Å². The molecule has 1 aromatic rings. The molecule has 0 aromatic heterocycles. The number of hydrogen-bond acceptors (Lipinski definition) is 1. The van der Waals surface area contributed by atoms with Crippen molar-refractivity contribution in [1.82, 2.24) is 4.90 Å². The standard InChI is InChI=1S/C14H17F2N/c1-10(11-6-3-2-4-7-11)17-12-8-5-9-14(15,16)13(12)17/h2-4,6-7,10,12-13H,5,8-9H2,1H3/t10-,12?,13?,17+/m1/s1. The molecule has 92 valence electrons. The van der Waals surface area contributed by atoms with Gasteiger partial charge in [0.2, 0.25) is 0 Å². The summed E-state index contributed by atoms with van der Waals surface area (Å²) in [6.07, 6.45) is 1.65. The number of hydrogen-bond donors (Lipinski definition) is 0. The van der Waals surface area contributed by atoms with Crippen LogP contribution >= 0.6 is 0 Å². The highest BCUT2D eigenvalue weighted by Gasteiger charge is 2.64. The number of likely N-dealkylation sites (tertiary alicyclic amines) is 1. The van der Waals surface area contributed by atoms with E-state index in [0.717, 1.165) is 12.0 Å². The van der Waals surface area contributed by atoms with Gasteiger partial charge in [-0.25, -0.2) is 8.78 Å². The zero-order valence-electron chi connectivity index (χ0n) is 9.94. The predicted octanol–water partition coefficient (Wildman–Crippen LogP) is 3.62. The van der Waals surface area contributed by atoms with Crippen molar-refractivity contribution in [2.24, 2.45) is 0 Å². The fourth-order valence-electron chi connectivity index (χ4n) is 3.23. The second-order valence-electron chi connectivity index (χ2n) is 5.20. The van der Waals surface area contributed by atoms with Crippen LogP contribution in [0.5, 0.6) is 0 Å². The second kappa shape index (κ2) is 3.77. The predicted molar refractivity (Wildman–Crippen MR) is 63.1 cm³/mol. The van der Waals surface area contributed by atoms with E-state index in [4.69, 9.17) is 0 Å². The van der Waals surface area contributed by atoms with Gasteiger partial charge in [0.15, 0.2) is 0 Å². The number of benzene rings is 1. The van der Waals surface area contributed by atoms with E-state index in [0.29, 0.717) is 6.42 Å². The van der Waals surface area contributed by atoms with Crippen molar-refractivity contribution in [2.45, 2.75) is 50.2 Å².